The molecule has 1 aromatic heterocycles. The summed E-state index contributed by atoms with van der Waals surface area (Å²) in [5.74, 6) is 0.869. The first-order valence-electron chi connectivity index (χ1n) is 7.91. The Balaban J connectivity index is 1.78. The van der Waals surface area contributed by atoms with Crippen LogP contribution in [0.4, 0.5) is 4.39 Å². The second-order valence-corrected chi connectivity index (χ2v) is 5.63. The lowest BCUT2D eigenvalue weighted by molar-refractivity contribution is 0.0946. The molecule has 2 aromatic carbocycles. The molecule has 6 nitrogen and oxygen atoms in total. The molecule has 136 valence electrons. The molecule has 0 spiro atoms. The average molecular weight is 358 g/mol. The summed E-state index contributed by atoms with van der Waals surface area (Å²) in [6, 6.07) is 9.46. The number of halogens is 1. The Bertz CT molecular complexity index is 927. The number of ether oxygens (including phenoxy) is 3. The Labute approximate surface area is 149 Å². The van der Waals surface area contributed by atoms with Crippen molar-refractivity contribution < 1.29 is 23.4 Å². The highest BCUT2D eigenvalue weighted by Crippen LogP contribution is 2.38. The summed E-state index contributed by atoms with van der Waals surface area (Å²) in [7, 11) is 4.59. The highest BCUT2D eigenvalue weighted by atomic mass is 19.1. The maximum Gasteiger partial charge on any atom is 0.267 e. The molecule has 0 radical (unpaired) electrons. The van der Waals surface area contributed by atoms with Gasteiger partial charge < -0.3 is 24.5 Å². The maximum atomic E-state index is 13.3. The van der Waals surface area contributed by atoms with Crippen molar-refractivity contribution in [3.05, 3.63) is 53.5 Å². The fourth-order valence-electron chi connectivity index (χ4n) is 2.74. The van der Waals surface area contributed by atoms with E-state index in [9.17, 15) is 9.18 Å². The molecule has 0 unspecified atom stereocenters. The molecule has 0 aliphatic heterocycles. The van der Waals surface area contributed by atoms with E-state index in [-0.39, 0.29) is 18.3 Å². The number of carbonyl (C=O) groups is 1. The number of rotatable bonds is 6. The van der Waals surface area contributed by atoms with Crippen LogP contribution in [-0.2, 0) is 6.54 Å². The Morgan fingerprint density at radius 1 is 1.04 bits per heavy atom. The number of aromatic amines is 1. The zero-order valence-corrected chi connectivity index (χ0v) is 14.7. The number of H-pyrrole nitrogens is 1. The fraction of sp³-hybridized carbons (Fsp3) is 0.211. The van der Waals surface area contributed by atoms with Crippen LogP contribution in [0.2, 0.25) is 0 Å². The lowest BCUT2D eigenvalue weighted by Crippen LogP contribution is -2.23. The van der Waals surface area contributed by atoms with E-state index in [1.165, 1.54) is 33.5 Å². The van der Waals surface area contributed by atoms with E-state index < -0.39 is 0 Å². The van der Waals surface area contributed by atoms with Crippen LogP contribution in [0.3, 0.4) is 0 Å². The number of carbonyl (C=O) groups excluding carboxylic acids is 1. The molecule has 26 heavy (non-hydrogen) atoms. The molecular formula is C19H19FN2O4. The Morgan fingerprint density at radius 2 is 1.73 bits per heavy atom. The molecule has 3 rings (SSSR count). The molecule has 0 saturated carbocycles. The van der Waals surface area contributed by atoms with Crippen molar-refractivity contribution in [2.24, 2.45) is 0 Å². The van der Waals surface area contributed by atoms with Crippen LogP contribution >= 0.6 is 0 Å². The van der Waals surface area contributed by atoms with Gasteiger partial charge in [0.05, 0.1) is 21.3 Å². The lowest BCUT2D eigenvalue weighted by atomic mass is 10.1. The third-order valence-electron chi connectivity index (χ3n) is 4.00. The fourth-order valence-corrected chi connectivity index (χ4v) is 2.74. The third-order valence-corrected chi connectivity index (χ3v) is 4.00. The van der Waals surface area contributed by atoms with Crippen LogP contribution in [-0.4, -0.2) is 32.2 Å². The van der Waals surface area contributed by atoms with Gasteiger partial charge in [0, 0.05) is 17.4 Å². The van der Waals surface area contributed by atoms with E-state index in [0.717, 1.165) is 5.56 Å². The number of fused-ring (bicyclic) bond motifs is 1. The van der Waals surface area contributed by atoms with E-state index in [2.05, 4.69) is 10.3 Å². The van der Waals surface area contributed by atoms with Crippen LogP contribution in [0.5, 0.6) is 17.2 Å². The molecular weight excluding hydrogens is 339 g/mol. The summed E-state index contributed by atoms with van der Waals surface area (Å²) in [5, 5.41) is 3.46. The van der Waals surface area contributed by atoms with Gasteiger partial charge in [-0.1, -0.05) is 0 Å². The first-order valence-corrected chi connectivity index (χ1v) is 7.91. The van der Waals surface area contributed by atoms with Gasteiger partial charge in [0.2, 0.25) is 5.75 Å². The summed E-state index contributed by atoms with van der Waals surface area (Å²) < 4.78 is 29.2. The molecule has 0 fully saturated rings. The minimum atomic E-state index is -0.346. The van der Waals surface area contributed by atoms with Gasteiger partial charge in [-0.15, -0.1) is 0 Å². The number of amides is 1. The third kappa shape index (κ3) is 3.42. The van der Waals surface area contributed by atoms with E-state index >= 15 is 0 Å². The molecule has 1 amide bonds. The molecule has 0 bridgehead atoms. The molecule has 0 aliphatic carbocycles. The number of benzene rings is 2. The van der Waals surface area contributed by atoms with Gasteiger partial charge in [-0.2, -0.15) is 0 Å². The summed E-state index contributed by atoms with van der Waals surface area (Å²) >= 11 is 0. The number of methoxy groups -OCH3 is 3. The summed E-state index contributed by atoms with van der Waals surface area (Å²) in [6.07, 6.45) is 0. The SMILES string of the molecule is COc1cc(CNC(=O)c2cc3cc(F)ccc3[nH]2)cc(OC)c1OC. The lowest BCUT2D eigenvalue weighted by Gasteiger charge is -2.14. The van der Waals surface area contributed by atoms with E-state index in [4.69, 9.17) is 14.2 Å². The Morgan fingerprint density at radius 3 is 2.35 bits per heavy atom. The smallest absolute Gasteiger partial charge is 0.267 e. The predicted octanol–water partition coefficient (Wildman–Crippen LogP) is 3.26. The quantitative estimate of drug-likeness (QED) is 0.709. The second kappa shape index (κ2) is 7.35. The number of aromatic nitrogens is 1. The van der Waals surface area contributed by atoms with Gasteiger partial charge in [0.25, 0.3) is 5.91 Å². The summed E-state index contributed by atoms with van der Waals surface area (Å²) in [4.78, 5) is 15.4. The summed E-state index contributed by atoms with van der Waals surface area (Å²) in [5.41, 5.74) is 1.84. The molecule has 0 saturated heterocycles. The van der Waals surface area contributed by atoms with Crippen LogP contribution in [0.25, 0.3) is 10.9 Å². The molecule has 2 N–H and O–H groups in total. The molecule has 7 heteroatoms. The Kier molecular flexibility index (Phi) is 4.97. The van der Waals surface area contributed by atoms with Gasteiger partial charge in [0.15, 0.2) is 11.5 Å². The van der Waals surface area contributed by atoms with Crippen LogP contribution in [0.1, 0.15) is 16.1 Å². The van der Waals surface area contributed by atoms with Crippen LogP contribution in [0.15, 0.2) is 36.4 Å². The number of hydrogen-bond acceptors (Lipinski definition) is 4. The number of hydrogen-bond donors (Lipinski definition) is 2. The molecule has 3 aromatic rings. The van der Waals surface area contributed by atoms with E-state index in [0.29, 0.717) is 33.8 Å². The zero-order chi connectivity index (χ0) is 18.7. The van der Waals surface area contributed by atoms with E-state index in [1.54, 1.807) is 24.3 Å². The highest BCUT2D eigenvalue weighted by molar-refractivity contribution is 5.98. The van der Waals surface area contributed by atoms with Crippen LogP contribution < -0.4 is 19.5 Å². The van der Waals surface area contributed by atoms with Crippen LogP contribution in [0, 0.1) is 5.82 Å². The largest absolute Gasteiger partial charge is 0.493 e. The minimum Gasteiger partial charge on any atom is -0.493 e. The number of nitrogens with one attached hydrogen (secondary N) is 2. The first kappa shape index (κ1) is 17.6. The molecule has 0 aliphatic rings. The second-order valence-electron chi connectivity index (χ2n) is 5.63. The van der Waals surface area contributed by atoms with Crippen molar-refractivity contribution in [2.45, 2.75) is 6.54 Å². The monoisotopic (exact) mass is 358 g/mol. The highest BCUT2D eigenvalue weighted by Gasteiger charge is 2.14. The van der Waals surface area contributed by atoms with Crippen molar-refractivity contribution in [3.63, 3.8) is 0 Å². The summed E-state index contributed by atoms with van der Waals surface area (Å²) in [6.45, 7) is 0.263. The van der Waals surface area contributed by atoms with Crippen molar-refractivity contribution in [1.82, 2.24) is 10.3 Å². The van der Waals surface area contributed by atoms with Gasteiger partial charge in [0.1, 0.15) is 11.5 Å². The van der Waals surface area contributed by atoms with Crippen molar-refractivity contribution in [3.8, 4) is 17.2 Å². The van der Waals surface area contributed by atoms with Crippen molar-refractivity contribution in [1.29, 1.82) is 0 Å². The minimum absolute atomic E-state index is 0.263. The normalized spacial score (nSPS) is 10.6. The van der Waals surface area contributed by atoms with Gasteiger partial charge in [-0.25, -0.2) is 4.39 Å². The van der Waals surface area contributed by atoms with E-state index in [1.807, 2.05) is 0 Å². The van der Waals surface area contributed by atoms with Gasteiger partial charge in [-0.05, 0) is 42.0 Å². The van der Waals surface area contributed by atoms with Gasteiger partial charge in [-0.3, -0.25) is 4.79 Å². The zero-order valence-electron chi connectivity index (χ0n) is 14.7. The van der Waals surface area contributed by atoms with Gasteiger partial charge >= 0.3 is 0 Å². The van der Waals surface area contributed by atoms with Crippen molar-refractivity contribution >= 4 is 16.8 Å². The Hall–Kier alpha value is -3.22. The predicted molar refractivity (Wildman–Crippen MR) is 95.5 cm³/mol. The molecule has 0 atom stereocenters. The molecule has 1 heterocycles. The maximum absolute atomic E-state index is 13.3. The first-order chi connectivity index (χ1) is 12.5. The topological polar surface area (TPSA) is 72.6 Å². The average Bonchev–Trinajstić information content (AvgIpc) is 3.08. The van der Waals surface area contributed by atoms with Crippen molar-refractivity contribution in [2.75, 3.05) is 21.3 Å². The standard InChI is InChI=1S/C19H19FN2O4/c1-24-16-6-11(7-17(25-2)18(16)26-3)10-21-19(23)15-9-12-8-13(20)4-5-14(12)22-15/h4-9,22H,10H2,1-3H3,(H,21,23).